The zero-order valence-electron chi connectivity index (χ0n) is 17.0. The molecule has 0 spiro atoms. The molecule has 4 rings (SSSR count). The highest BCUT2D eigenvalue weighted by Crippen LogP contribution is 2.28. The topological polar surface area (TPSA) is 79.6 Å². The van der Waals surface area contributed by atoms with E-state index in [0.717, 1.165) is 31.2 Å². The molecule has 2 aromatic rings. The maximum Gasteiger partial charge on any atom is 0.287 e. The Labute approximate surface area is 172 Å². The van der Waals surface area contributed by atoms with Crippen LogP contribution in [0, 0.1) is 6.92 Å². The number of hydrogen-bond donors (Lipinski definition) is 1. The molecule has 1 aromatic carbocycles. The van der Waals surface area contributed by atoms with Crippen LogP contribution in [0.4, 0.5) is 0 Å². The molecule has 1 aliphatic carbocycles. The van der Waals surface area contributed by atoms with Gasteiger partial charge in [0.1, 0.15) is 10.7 Å². The summed E-state index contributed by atoms with van der Waals surface area (Å²) in [4.78, 5) is 12.8. The summed E-state index contributed by atoms with van der Waals surface area (Å²) in [5.41, 5.74) is 3.81. The average Bonchev–Trinajstić information content (AvgIpc) is 3.38. The van der Waals surface area contributed by atoms with Crippen molar-refractivity contribution in [1.82, 2.24) is 9.62 Å². The second-order valence-corrected chi connectivity index (χ2v) is 9.98. The normalized spacial score (nSPS) is 18.4. The van der Waals surface area contributed by atoms with E-state index in [0.29, 0.717) is 13.1 Å². The van der Waals surface area contributed by atoms with E-state index in [1.165, 1.54) is 34.3 Å². The molecular formula is C22H28N2O4S. The summed E-state index contributed by atoms with van der Waals surface area (Å²) < 4.78 is 32.6. The standard InChI is InChI=1S/C22H28N2O4S/c1-15(18-10-9-17-7-3-4-8-19(17)13-18)23-22(25)20-14-21(16(2)28-20)29(26,27)24-11-5-6-12-24/h9-10,13-15H,3-8,11-12H2,1-2H3,(H,23,25). The van der Waals surface area contributed by atoms with Crippen molar-refractivity contribution in [1.29, 1.82) is 0 Å². The van der Waals surface area contributed by atoms with Gasteiger partial charge in [-0.25, -0.2) is 8.42 Å². The molecule has 1 aromatic heterocycles. The lowest BCUT2D eigenvalue weighted by Crippen LogP contribution is -2.28. The molecule has 1 aliphatic heterocycles. The van der Waals surface area contributed by atoms with Crippen molar-refractivity contribution in [3.63, 3.8) is 0 Å². The van der Waals surface area contributed by atoms with Crippen molar-refractivity contribution in [3.05, 3.63) is 52.5 Å². The number of aryl methyl sites for hydroxylation is 3. The number of fused-ring (bicyclic) bond motifs is 1. The lowest BCUT2D eigenvalue weighted by atomic mass is 9.89. The molecule has 7 heteroatoms. The molecule has 2 aliphatic rings. The van der Waals surface area contributed by atoms with Crippen molar-refractivity contribution in [2.45, 2.75) is 63.3 Å². The average molecular weight is 417 g/mol. The molecule has 29 heavy (non-hydrogen) atoms. The van der Waals surface area contributed by atoms with Crippen LogP contribution in [-0.4, -0.2) is 31.7 Å². The number of sulfonamides is 1. The van der Waals surface area contributed by atoms with Crippen LogP contribution in [0.2, 0.25) is 0 Å². The first kappa shape index (κ1) is 20.2. The van der Waals surface area contributed by atoms with Crippen LogP contribution in [-0.2, 0) is 22.9 Å². The van der Waals surface area contributed by atoms with Gasteiger partial charge in [0.15, 0.2) is 5.76 Å². The Morgan fingerprint density at radius 1 is 1.07 bits per heavy atom. The molecule has 1 unspecified atom stereocenters. The third kappa shape index (κ3) is 3.98. The van der Waals surface area contributed by atoms with Gasteiger partial charge in [0.05, 0.1) is 6.04 Å². The van der Waals surface area contributed by atoms with Gasteiger partial charge >= 0.3 is 0 Å². The van der Waals surface area contributed by atoms with E-state index < -0.39 is 15.9 Å². The Hall–Kier alpha value is -2.12. The number of nitrogens with zero attached hydrogens (tertiary/aromatic N) is 1. The molecule has 1 amide bonds. The summed E-state index contributed by atoms with van der Waals surface area (Å²) in [5.74, 6) is -0.116. The Morgan fingerprint density at radius 2 is 1.76 bits per heavy atom. The van der Waals surface area contributed by atoms with Gasteiger partial charge in [-0.3, -0.25) is 4.79 Å². The van der Waals surface area contributed by atoms with Crippen molar-refractivity contribution in [2.24, 2.45) is 0 Å². The predicted molar refractivity (Wildman–Crippen MR) is 110 cm³/mol. The monoisotopic (exact) mass is 416 g/mol. The maximum absolute atomic E-state index is 12.8. The Bertz CT molecular complexity index is 1020. The molecule has 0 radical (unpaired) electrons. The van der Waals surface area contributed by atoms with Crippen LogP contribution >= 0.6 is 0 Å². The molecule has 1 fully saturated rings. The zero-order chi connectivity index (χ0) is 20.6. The van der Waals surface area contributed by atoms with Crippen molar-refractivity contribution in [3.8, 4) is 0 Å². The highest BCUT2D eigenvalue weighted by molar-refractivity contribution is 7.89. The van der Waals surface area contributed by atoms with Crippen molar-refractivity contribution in [2.75, 3.05) is 13.1 Å². The molecular weight excluding hydrogens is 388 g/mol. The van der Waals surface area contributed by atoms with E-state index in [9.17, 15) is 13.2 Å². The van der Waals surface area contributed by atoms with Crippen LogP contribution in [0.3, 0.4) is 0 Å². The van der Waals surface area contributed by atoms with E-state index >= 15 is 0 Å². The van der Waals surface area contributed by atoms with E-state index in [1.807, 2.05) is 6.92 Å². The minimum atomic E-state index is -3.61. The fourth-order valence-electron chi connectivity index (χ4n) is 4.27. The third-order valence-corrected chi connectivity index (χ3v) is 8.01. The summed E-state index contributed by atoms with van der Waals surface area (Å²) in [6.45, 7) is 4.56. The molecule has 1 saturated heterocycles. The number of furan rings is 1. The van der Waals surface area contributed by atoms with E-state index in [2.05, 4.69) is 23.5 Å². The van der Waals surface area contributed by atoms with Crippen LogP contribution in [0.15, 0.2) is 33.6 Å². The summed E-state index contributed by atoms with van der Waals surface area (Å²) in [5, 5.41) is 2.94. The smallest absolute Gasteiger partial charge is 0.287 e. The quantitative estimate of drug-likeness (QED) is 0.805. The van der Waals surface area contributed by atoms with Crippen LogP contribution in [0.1, 0.15) is 71.7 Å². The van der Waals surface area contributed by atoms with Gasteiger partial charge in [0.2, 0.25) is 10.0 Å². The number of amides is 1. The van der Waals surface area contributed by atoms with Crippen LogP contribution in [0.5, 0.6) is 0 Å². The Balaban J connectivity index is 1.50. The first-order valence-electron chi connectivity index (χ1n) is 10.4. The molecule has 0 bridgehead atoms. The third-order valence-electron chi connectivity index (χ3n) is 6.00. The van der Waals surface area contributed by atoms with Crippen LogP contribution in [0.25, 0.3) is 0 Å². The fourth-order valence-corrected chi connectivity index (χ4v) is 5.95. The minimum Gasteiger partial charge on any atom is -0.455 e. The Kier molecular flexibility index (Phi) is 5.53. The summed E-state index contributed by atoms with van der Waals surface area (Å²) in [6, 6.07) is 7.56. The highest BCUT2D eigenvalue weighted by atomic mass is 32.2. The van der Waals surface area contributed by atoms with Gasteiger partial charge in [-0.1, -0.05) is 18.2 Å². The van der Waals surface area contributed by atoms with E-state index in [-0.39, 0.29) is 22.5 Å². The number of hydrogen-bond acceptors (Lipinski definition) is 4. The number of carbonyl (C=O) groups is 1. The van der Waals surface area contributed by atoms with Crippen molar-refractivity contribution >= 4 is 15.9 Å². The Morgan fingerprint density at radius 3 is 2.48 bits per heavy atom. The highest BCUT2D eigenvalue weighted by Gasteiger charge is 2.32. The predicted octanol–water partition coefficient (Wildman–Crippen LogP) is 3.74. The largest absolute Gasteiger partial charge is 0.455 e. The number of benzene rings is 1. The molecule has 1 atom stereocenters. The van der Waals surface area contributed by atoms with Gasteiger partial charge in [-0.2, -0.15) is 4.31 Å². The summed E-state index contributed by atoms with van der Waals surface area (Å²) in [7, 11) is -3.61. The van der Waals surface area contributed by atoms with Gasteiger partial charge in [0.25, 0.3) is 5.91 Å². The second kappa shape index (κ2) is 7.95. The minimum absolute atomic E-state index is 0.0325. The van der Waals surface area contributed by atoms with Gasteiger partial charge in [0, 0.05) is 19.2 Å². The van der Waals surface area contributed by atoms with E-state index in [4.69, 9.17) is 4.42 Å². The lowest BCUT2D eigenvalue weighted by molar-refractivity contribution is 0.0910. The van der Waals surface area contributed by atoms with Gasteiger partial charge in [-0.15, -0.1) is 0 Å². The molecule has 6 nitrogen and oxygen atoms in total. The fraction of sp³-hybridized carbons (Fsp3) is 0.500. The number of nitrogens with one attached hydrogen (secondary N) is 1. The number of rotatable bonds is 5. The maximum atomic E-state index is 12.8. The van der Waals surface area contributed by atoms with Gasteiger partial charge in [-0.05, 0) is 69.1 Å². The number of carbonyl (C=O) groups excluding carboxylic acids is 1. The summed E-state index contributed by atoms with van der Waals surface area (Å²) in [6.07, 6.45) is 6.37. The molecule has 0 saturated carbocycles. The lowest BCUT2D eigenvalue weighted by Gasteiger charge is -2.19. The van der Waals surface area contributed by atoms with Crippen molar-refractivity contribution < 1.29 is 17.6 Å². The van der Waals surface area contributed by atoms with E-state index in [1.54, 1.807) is 6.92 Å². The zero-order valence-corrected chi connectivity index (χ0v) is 17.8. The first-order chi connectivity index (χ1) is 13.9. The second-order valence-electron chi connectivity index (χ2n) is 8.07. The van der Waals surface area contributed by atoms with Gasteiger partial charge < -0.3 is 9.73 Å². The molecule has 156 valence electrons. The first-order valence-corrected chi connectivity index (χ1v) is 11.8. The van der Waals surface area contributed by atoms with Crippen LogP contribution < -0.4 is 5.32 Å². The summed E-state index contributed by atoms with van der Waals surface area (Å²) >= 11 is 0. The molecule has 1 N–H and O–H groups in total. The molecule has 2 heterocycles. The SMILES string of the molecule is Cc1oc(C(=O)NC(C)c2ccc3c(c2)CCCC3)cc1S(=O)(=O)N1CCCC1.